The molecule has 4 atom stereocenters. The molecule has 2 fully saturated rings. The number of benzene rings is 1. The second-order valence-corrected chi connectivity index (χ2v) is 7.40. The van der Waals surface area contributed by atoms with Crippen LogP contribution in [-0.4, -0.2) is 11.2 Å². The zero-order valence-corrected chi connectivity index (χ0v) is 14.1. The maximum absolute atomic E-state index is 5.53. The summed E-state index contributed by atoms with van der Waals surface area (Å²) in [6.07, 6.45) is 5.73. The van der Waals surface area contributed by atoms with Crippen molar-refractivity contribution in [3.63, 3.8) is 0 Å². The molecule has 1 aromatic carbocycles. The normalized spacial score (nSPS) is 28.4. The van der Waals surface area contributed by atoms with E-state index >= 15 is 0 Å². The van der Waals surface area contributed by atoms with Crippen molar-refractivity contribution < 1.29 is 0 Å². The second-order valence-electron chi connectivity index (χ2n) is 6.99. The summed E-state index contributed by atoms with van der Waals surface area (Å²) in [6.45, 7) is 6.54. The van der Waals surface area contributed by atoms with Crippen LogP contribution in [0.2, 0.25) is 0 Å². The third-order valence-electron chi connectivity index (χ3n) is 5.51. The smallest absolute Gasteiger partial charge is 0.171 e. The SMILES string of the molecule is Cc1cccc(C)c1NC(=S)NC(C)C1CC2CCC1C2. The molecule has 21 heavy (non-hydrogen) atoms. The van der Waals surface area contributed by atoms with Crippen LogP contribution in [0, 0.1) is 31.6 Å². The fraction of sp³-hybridized carbons (Fsp3) is 0.611. The van der Waals surface area contributed by atoms with Crippen LogP contribution in [0.4, 0.5) is 5.69 Å². The molecule has 3 heteroatoms. The number of aryl methyl sites for hydroxylation is 2. The van der Waals surface area contributed by atoms with Gasteiger partial charge in [0.15, 0.2) is 5.11 Å². The summed E-state index contributed by atoms with van der Waals surface area (Å²) in [4.78, 5) is 0. The summed E-state index contributed by atoms with van der Waals surface area (Å²) in [6, 6.07) is 6.81. The Morgan fingerprint density at radius 2 is 1.90 bits per heavy atom. The monoisotopic (exact) mass is 302 g/mol. The van der Waals surface area contributed by atoms with Crippen LogP contribution >= 0.6 is 12.2 Å². The quantitative estimate of drug-likeness (QED) is 0.809. The van der Waals surface area contributed by atoms with E-state index in [0.29, 0.717) is 6.04 Å². The molecule has 0 amide bonds. The lowest BCUT2D eigenvalue weighted by molar-refractivity contribution is 0.279. The predicted octanol–water partition coefficient (Wildman–Crippen LogP) is 4.41. The third-order valence-corrected chi connectivity index (χ3v) is 5.73. The summed E-state index contributed by atoms with van der Waals surface area (Å²) in [7, 11) is 0. The Bertz CT molecular complexity index is 520. The molecule has 0 radical (unpaired) electrons. The zero-order valence-electron chi connectivity index (χ0n) is 13.3. The Kier molecular flexibility index (Phi) is 4.21. The predicted molar refractivity (Wildman–Crippen MR) is 93.7 cm³/mol. The first-order valence-electron chi connectivity index (χ1n) is 8.18. The van der Waals surface area contributed by atoms with Crippen LogP contribution < -0.4 is 10.6 Å². The fourth-order valence-electron chi connectivity index (χ4n) is 4.38. The molecule has 2 N–H and O–H groups in total. The number of nitrogens with one attached hydrogen (secondary N) is 2. The third kappa shape index (κ3) is 3.08. The van der Waals surface area contributed by atoms with Gasteiger partial charge in [-0.1, -0.05) is 24.6 Å². The lowest BCUT2D eigenvalue weighted by Crippen LogP contribution is -2.42. The number of anilines is 1. The van der Waals surface area contributed by atoms with E-state index in [1.807, 2.05) is 0 Å². The van der Waals surface area contributed by atoms with Gasteiger partial charge in [0.05, 0.1) is 0 Å². The first-order chi connectivity index (χ1) is 10.0. The average Bonchev–Trinajstić information content (AvgIpc) is 3.05. The molecule has 2 aliphatic rings. The standard InChI is InChI=1S/C18H26N2S/c1-11-5-4-6-12(2)17(11)20-18(21)19-13(3)16-10-14-7-8-15(16)9-14/h4-6,13-16H,7-10H2,1-3H3,(H2,19,20,21). The summed E-state index contributed by atoms with van der Waals surface area (Å²) >= 11 is 5.53. The summed E-state index contributed by atoms with van der Waals surface area (Å²) < 4.78 is 0. The van der Waals surface area contributed by atoms with Crippen LogP contribution in [-0.2, 0) is 0 Å². The van der Waals surface area contributed by atoms with Crippen LogP contribution in [0.5, 0.6) is 0 Å². The molecule has 2 saturated carbocycles. The molecule has 0 aromatic heterocycles. The number of para-hydroxylation sites is 1. The molecule has 1 aromatic rings. The topological polar surface area (TPSA) is 24.1 Å². The van der Waals surface area contributed by atoms with Crippen molar-refractivity contribution in [3.05, 3.63) is 29.3 Å². The van der Waals surface area contributed by atoms with Crippen LogP contribution in [0.1, 0.15) is 43.7 Å². The summed E-state index contributed by atoms with van der Waals surface area (Å²) in [5, 5.41) is 7.69. The zero-order chi connectivity index (χ0) is 15.0. The molecule has 0 aliphatic heterocycles. The molecular weight excluding hydrogens is 276 g/mol. The van der Waals surface area contributed by atoms with Crippen LogP contribution in [0.25, 0.3) is 0 Å². The van der Waals surface area contributed by atoms with Crippen molar-refractivity contribution >= 4 is 23.0 Å². The lowest BCUT2D eigenvalue weighted by Gasteiger charge is -2.29. The van der Waals surface area contributed by atoms with Crippen LogP contribution in [0.3, 0.4) is 0 Å². The Morgan fingerprint density at radius 1 is 1.19 bits per heavy atom. The van der Waals surface area contributed by atoms with Gasteiger partial charge in [0, 0.05) is 11.7 Å². The van der Waals surface area contributed by atoms with Gasteiger partial charge < -0.3 is 10.6 Å². The van der Waals surface area contributed by atoms with Crippen molar-refractivity contribution in [2.24, 2.45) is 17.8 Å². The first kappa shape index (κ1) is 14.8. The number of rotatable bonds is 3. The van der Waals surface area contributed by atoms with E-state index in [2.05, 4.69) is 49.6 Å². The van der Waals surface area contributed by atoms with Gasteiger partial charge in [-0.2, -0.15) is 0 Å². The Balaban J connectivity index is 1.59. The molecule has 0 heterocycles. The van der Waals surface area contributed by atoms with Gasteiger partial charge in [-0.15, -0.1) is 0 Å². The van der Waals surface area contributed by atoms with Gasteiger partial charge in [0.2, 0.25) is 0 Å². The van der Waals surface area contributed by atoms with Crippen molar-refractivity contribution in [1.82, 2.24) is 5.32 Å². The van der Waals surface area contributed by atoms with Gasteiger partial charge in [0.25, 0.3) is 0 Å². The first-order valence-corrected chi connectivity index (χ1v) is 8.59. The van der Waals surface area contributed by atoms with E-state index in [9.17, 15) is 0 Å². The molecule has 2 aliphatic carbocycles. The lowest BCUT2D eigenvalue weighted by atomic mass is 9.84. The van der Waals surface area contributed by atoms with E-state index < -0.39 is 0 Å². The highest BCUT2D eigenvalue weighted by molar-refractivity contribution is 7.80. The van der Waals surface area contributed by atoms with Gasteiger partial charge in [-0.3, -0.25) is 0 Å². The van der Waals surface area contributed by atoms with E-state index in [0.717, 1.165) is 28.6 Å². The molecule has 3 rings (SSSR count). The summed E-state index contributed by atoms with van der Waals surface area (Å²) in [5.74, 6) is 2.73. The van der Waals surface area contributed by atoms with Gasteiger partial charge in [0.1, 0.15) is 0 Å². The maximum atomic E-state index is 5.53. The molecular formula is C18H26N2S. The van der Waals surface area contributed by atoms with Crippen molar-refractivity contribution in [2.45, 2.75) is 52.5 Å². The number of fused-ring (bicyclic) bond motifs is 2. The highest BCUT2D eigenvalue weighted by atomic mass is 32.1. The van der Waals surface area contributed by atoms with Crippen molar-refractivity contribution in [2.75, 3.05) is 5.32 Å². The Hall–Kier alpha value is -1.09. The molecule has 114 valence electrons. The second kappa shape index (κ2) is 5.96. The average molecular weight is 302 g/mol. The fourth-order valence-corrected chi connectivity index (χ4v) is 4.67. The minimum atomic E-state index is 0.477. The van der Waals surface area contributed by atoms with Crippen LogP contribution in [0.15, 0.2) is 18.2 Å². The molecule has 0 spiro atoms. The number of thiocarbonyl (C=S) groups is 1. The minimum absolute atomic E-state index is 0.477. The Morgan fingerprint density at radius 3 is 2.48 bits per heavy atom. The van der Waals surface area contributed by atoms with Crippen molar-refractivity contribution in [1.29, 1.82) is 0 Å². The largest absolute Gasteiger partial charge is 0.360 e. The molecule has 2 nitrogen and oxygen atoms in total. The van der Waals surface area contributed by atoms with Gasteiger partial charge >= 0.3 is 0 Å². The minimum Gasteiger partial charge on any atom is -0.360 e. The van der Waals surface area contributed by atoms with E-state index in [1.165, 1.54) is 36.8 Å². The van der Waals surface area contributed by atoms with E-state index in [4.69, 9.17) is 12.2 Å². The molecule has 0 saturated heterocycles. The van der Waals surface area contributed by atoms with E-state index in [1.54, 1.807) is 0 Å². The molecule has 4 unspecified atom stereocenters. The Labute approximate surface area is 133 Å². The maximum Gasteiger partial charge on any atom is 0.171 e. The van der Waals surface area contributed by atoms with Gasteiger partial charge in [-0.05, 0) is 81.1 Å². The number of hydrogen-bond donors (Lipinski definition) is 2. The van der Waals surface area contributed by atoms with Gasteiger partial charge in [-0.25, -0.2) is 0 Å². The number of hydrogen-bond acceptors (Lipinski definition) is 1. The summed E-state index contributed by atoms with van der Waals surface area (Å²) in [5.41, 5.74) is 3.63. The highest BCUT2D eigenvalue weighted by Crippen LogP contribution is 2.49. The van der Waals surface area contributed by atoms with E-state index in [-0.39, 0.29) is 0 Å². The molecule has 2 bridgehead atoms. The van der Waals surface area contributed by atoms with Crippen molar-refractivity contribution in [3.8, 4) is 0 Å². The highest BCUT2D eigenvalue weighted by Gasteiger charge is 2.41.